The van der Waals surface area contributed by atoms with Gasteiger partial charge in [0.1, 0.15) is 0 Å². The highest BCUT2D eigenvalue weighted by atomic mass is 15.1. The topological polar surface area (TPSA) is 29.3 Å². The van der Waals surface area contributed by atoms with Crippen molar-refractivity contribution < 1.29 is 0 Å². The molecule has 1 heterocycles. The summed E-state index contributed by atoms with van der Waals surface area (Å²) in [6.07, 6.45) is 6.83. The highest BCUT2D eigenvalue weighted by Crippen LogP contribution is 2.50. The summed E-state index contributed by atoms with van der Waals surface area (Å²) in [6.45, 7) is 4.47. The molecule has 0 radical (unpaired) electrons. The number of nitrogens with zero attached hydrogens (tertiary/aromatic N) is 1. The largest absolute Gasteiger partial charge is 0.330 e. The molecule has 3 rings (SSSR count). The molecule has 1 aromatic rings. The van der Waals surface area contributed by atoms with Crippen molar-refractivity contribution in [1.82, 2.24) is 4.90 Å². The monoisotopic (exact) mass is 258 g/mol. The minimum Gasteiger partial charge on any atom is -0.330 e. The van der Waals surface area contributed by atoms with E-state index in [-0.39, 0.29) is 0 Å². The highest BCUT2D eigenvalue weighted by Gasteiger charge is 2.44. The first kappa shape index (κ1) is 13.1. The summed E-state index contributed by atoms with van der Waals surface area (Å²) >= 11 is 0. The second-order valence-corrected chi connectivity index (χ2v) is 6.46. The summed E-state index contributed by atoms with van der Waals surface area (Å²) in [5.74, 6) is 0.939. The van der Waals surface area contributed by atoms with Crippen molar-refractivity contribution in [3.8, 4) is 0 Å². The molecular formula is C17H26N2. The van der Waals surface area contributed by atoms with Crippen LogP contribution in [0, 0.1) is 11.3 Å². The molecule has 0 bridgehead atoms. The number of likely N-dealkylation sites (tertiary alicyclic amines) is 1. The zero-order valence-corrected chi connectivity index (χ0v) is 11.9. The van der Waals surface area contributed by atoms with Gasteiger partial charge in [0.05, 0.1) is 0 Å². The summed E-state index contributed by atoms with van der Waals surface area (Å²) in [6, 6.07) is 10.9. The van der Waals surface area contributed by atoms with E-state index in [2.05, 4.69) is 35.2 Å². The first-order valence-electron chi connectivity index (χ1n) is 7.79. The summed E-state index contributed by atoms with van der Waals surface area (Å²) in [5.41, 5.74) is 8.04. The normalized spacial score (nSPS) is 29.1. The molecule has 19 heavy (non-hydrogen) atoms. The van der Waals surface area contributed by atoms with E-state index in [1.54, 1.807) is 0 Å². The van der Waals surface area contributed by atoms with Gasteiger partial charge in [-0.3, -0.25) is 4.90 Å². The number of benzene rings is 1. The van der Waals surface area contributed by atoms with Gasteiger partial charge in [-0.05, 0) is 68.6 Å². The smallest absolute Gasteiger partial charge is 0.0233 e. The van der Waals surface area contributed by atoms with E-state index in [1.165, 1.54) is 50.8 Å². The molecule has 1 aliphatic heterocycles. The van der Waals surface area contributed by atoms with Crippen molar-refractivity contribution in [2.24, 2.45) is 17.1 Å². The maximum atomic E-state index is 6.13. The van der Waals surface area contributed by atoms with Crippen LogP contribution >= 0.6 is 0 Å². The van der Waals surface area contributed by atoms with Crippen LogP contribution in [0.4, 0.5) is 0 Å². The highest BCUT2D eigenvalue weighted by molar-refractivity contribution is 5.14. The van der Waals surface area contributed by atoms with Gasteiger partial charge in [0.25, 0.3) is 0 Å². The van der Waals surface area contributed by atoms with Crippen molar-refractivity contribution in [3.63, 3.8) is 0 Å². The average molecular weight is 258 g/mol. The van der Waals surface area contributed by atoms with Crippen molar-refractivity contribution >= 4 is 0 Å². The molecule has 1 aromatic carbocycles. The third-order valence-electron chi connectivity index (χ3n) is 5.17. The molecule has 0 spiro atoms. The molecule has 104 valence electrons. The number of hydrogen-bond acceptors (Lipinski definition) is 2. The van der Waals surface area contributed by atoms with Crippen LogP contribution in [0.25, 0.3) is 0 Å². The van der Waals surface area contributed by atoms with Gasteiger partial charge in [0, 0.05) is 6.54 Å². The van der Waals surface area contributed by atoms with Crippen LogP contribution in [-0.2, 0) is 6.54 Å². The van der Waals surface area contributed by atoms with Crippen LogP contribution in [0.3, 0.4) is 0 Å². The Labute approximate surface area is 117 Å². The predicted molar refractivity (Wildman–Crippen MR) is 79.8 cm³/mol. The molecule has 2 N–H and O–H groups in total. The number of hydrogen-bond donors (Lipinski definition) is 1. The Kier molecular flexibility index (Phi) is 3.90. The van der Waals surface area contributed by atoms with Crippen molar-refractivity contribution in [3.05, 3.63) is 35.9 Å². The quantitative estimate of drug-likeness (QED) is 0.899. The Hall–Kier alpha value is -0.860. The Morgan fingerprint density at radius 1 is 1.11 bits per heavy atom. The van der Waals surface area contributed by atoms with Gasteiger partial charge in [-0.1, -0.05) is 30.3 Å². The molecule has 2 fully saturated rings. The molecule has 1 aliphatic carbocycles. The standard InChI is InChI=1S/C17H26N2/c18-14-17(16-7-8-16)9-4-11-19(12-10-17)13-15-5-2-1-3-6-15/h1-3,5-6,16H,4,7-14,18H2. The minimum absolute atomic E-state index is 0.478. The third kappa shape index (κ3) is 3.01. The van der Waals surface area contributed by atoms with Gasteiger partial charge >= 0.3 is 0 Å². The van der Waals surface area contributed by atoms with Gasteiger partial charge in [-0.2, -0.15) is 0 Å². The maximum Gasteiger partial charge on any atom is 0.0233 e. The zero-order chi connectivity index (χ0) is 13.1. The Morgan fingerprint density at radius 3 is 2.58 bits per heavy atom. The fraction of sp³-hybridized carbons (Fsp3) is 0.647. The number of rotatable bonds is 4. The lowest BCUT2D eigenvalue weighted by Gasteiger charge is -2.31. The van der Waals surface area contributed by atoms with E-state index < -0.39 is 0 Å². The van der Waals surface area contributed by atoms with Gasteiger partial charge < -0.3 is 5.73 Å². The van der Waals surface area contributed by atoms with E-state index in [1.807, 2.05) is 0 Å². The fourth-order valence-electron chi connectivity index (χ4n) is 3.75. The lowest BCUT2D eigenvalue weighted by molar-refractivity contribution is 0.201. The molecule has 1 unspecified atom stereocenters. The van der Waals surface area contributed by atoms with Crippen LogP contribution in [0.1, 0.15) is 37.7 Å². The maximum absolute atomic E-state index is 6.13. The van der Waals surface area contributed by atoms with E-state index in [4.69, 9.17) is 5.73 Å². The van der Waals surface area contributed by atoms with Crippen LogP contribution in [0.5, 0.6) is 0 Å². The van der Waals surface area contributed by atoms with Crippen LogP contribution in [0.15, 0.2) is 30.3 Å². The van der Waals surface area contributed by atoms with Crippen molar-refractivity contribution in [2.45, 2.75) is 38.6 Å². The summed E-state index contributed by atoms with van der Waals surface area (Å²) in [7, 11) is 0. The van der Waals surface area contributed by atoms with E-state index >= 15 is 0 Å². The molecule has 0 aromatic heterocycles. The summed E-state index contributed by atoms with van der Waals surface area (Å²) in [5, 5.41) is 0. The Morgan fingerprint density at radius 2 is 1.89 bits per heavy atom. The lowest BCUT2D eigenvalue weighted by Crippen LogP contribution is -2.34. The summed E-state index contributed by atoms with van der Waals surface area (Å²) in [4.78, 5) is 2.62. The zero-order valence-electron chi connectivity index (χ0n) is 11.9. The van der Waals surface area contributed by atoms with E-state index in [9.17, 15) is 0 Å². The molecule has 2 heteroatoms. The molecule has 1 saturated heterocycles. The summed E-state index contributed by atoms with van der Waals surface area (Å²) < 4.78 is 0. The third-order valence-corrected chi connectivity index (χ3v) is 5.17. The van der Waals surface area contributed by atoms with Gasteiger partial charge in [-0.25, -0.2) is 0 Å². The second-order valence-electron chi connectivity index (χ2n) is 6.46. The van der Waals surface area contributed by atoms with Crippen LogP contribution < -0.4 is 5.73 Å². The molecule has 1 saturated carbocycles. The first-order valence-corrected chi connectivity index (χ1v) is 7.79. The predicted octanol–water partition coefficient (Wildman–Crippen LogP) is 3.03. The van der Waals surface area contributed by atoms with Gasteiger partial charge in [0.15, 0.2) is 0 Å². The van der Waals surface area contributed by atoms with Gasteiger partial charge in [-0.15, -0.1) is 0 Å². The molecule has 2 nitrogen and oxygen atoms in total. The molecular weight excluding hydrogens is 232 g/mol. The van der Waals surface area contributed by atoms with E-state index in [0.29, 0.717) is 5.41 Å². The number of nitrogens with two attached hydrogens (primary N) is 1. The van der Waals surface area contributed by atoms with Gasteiger partial charge in [0.2, 0.25) is 0 Å². The fourth-order valence-corrected chi connectivity index (χ4v) is 3.75. The molecule has 1 atom stereocenters. The van der Waals surface area contributed by atoms with Crippen molar-refractivity contribution in [1.29, 1.82) is 0 Å². The minimum atomic E-state index is 0.478. The second kappa shape index (κ2) is 5.64. The Bertz CT molecular complexity index is 399. The Balaban J connectivity index is 1.61. The van der Waals surface area contributed by atoms with Crippen molar-refractivity contribution in [2.75, 3.05) is 19.6 Å². The average Bonchev–Trinajstić information content (AvgIpc) is 3.27. The molecule has 2 aliphatic rings. The van der Waals surface area contributed by atoms with Crippen LogP contribution in [0.2, 0.25) is 0 Å². The SMILES string of the molecule is NCC1(C2CC2)CCCN(Cc2ccccc2)CC1. The lowest BCUT2D eigenvalue weighted by atomic mass is 9.76. The first-order chi connectivity index (χ1) is 9.32. The van der Waals surface area contributed by atoms with Crippen LogP contribution in [-0.4, -0.2) is 24.5 Å². The van der Waals surface area contributed by atoms with E-state index in [0.717, 1.165) is 19.0 Å². The molecule has 0 amide bonds.